The number of nitrogens with two attached hydrogens (primary N) is 1. The second-order valence-corrected chi connectivity index (χ2v) is 3.76. The lowest BCUT2D eigenvalue weighted by Crippen LogP contribution is -2.11. The van der Waals surface area contributed by atoms with Crippen LogP contribution in [0.3, 0.4) is 0 Å². The van der Waals surface area contributed by atoms with Gasteiger partial charge in [-0.1, -0.05) is 20.8 Å². The first-order chi connectivity index (χ1) is 5.00. The van der Waals surface area contributed by atoms with E-state index in [-0.39, 0.29) is 5.41 Å². The zero-order chi connectivity index (χ0) is 8.48. The SMILES string of the molecule is CC(C)(C)c1cncc(N)c1. The summed E-state index contributed by atoms with van der Waals surface area (Å²) in [5.41, 5.74) is 7.65. The van der Waals surface area contributed by atoms with E-state index < -0.39 is 0 Å². The van der Waals surface area contributed by atoms with Crippen LogP contribution in [-0.2, 0) is 5.41 Å². The van der Waals surface area contributed by atoms with Gasteiger partial charge in [-0.15, -0.1) is 0 Å². The summed E-state index contributed by atoms with van der Waals surface area (Å²) < 4.78 is 0. The van der Waals surface area contributed by atoms with Crippen LogP contribution in [0, 0.1) is 0 Å². The molecule has 1 aromatic heterocycles. The Balaban J connectivity index is 3.06. The third kappa shape index (κ3) is 1.93. The molecule has 2 nitrogen and oxygen atoms in total. The Morgan fingerprint density at radius 1 is 1.27 bits per heavy atom. The minimum absolute atomic E-state index is 0.141. The van der Waals surface area contributed by atoms with E-state index in [0.29, 0.717) is 0 Å². The quantitative estimate of drug-likeness (QED) is 0.614. The van der Waals surface area contributed by atoms with E-state index in [1.54, 1.807) is 6.20 Å². The van der Waals surface area contributed by atoms with E-state index in [9.17, 15) is 0 Å². The molecule has 60 valence electrons. The topological polar surface area (TPSA) is 38.9 Å². The molecule has 0 atom stereocenters. The second kappa shape index (κ2) is 2.53. The average molecular weight is 150 g/mol. The minimum atomic E-state index is 0.141. The zero-order valence-electron chi connectivity index (χ0n) is 7.26. The van der Waals surface area contributed by atoms with Gasteiger partial charge in [0.15, 0.2) is 0 Å². The highest BCUT2D eigenvalue weighted by Crippen LogP contribution is 2.22. The summed E-state index contributed by atoms with van der Waals surface area (Å²) in [4.78, 5) is 4.03. The molecule has 0 aliphatic heterocycles. The van der Waals surface area contributed by atoms with Crippen LogP contribution in [0.15, 0.2) is 18.5 Å². The zero-order valence-corrected chi connectivity index (χ0v) is 7.26. The van der Waals surface area contributed by atoms with Crippen molar-refractivity contribution >= 4 is 5.69 Å². The van der Waals surface area contributed by atoms with E-state index in [2.05, 4.69) is 25.8 Å². The normalized spacial score (nSPS) is 11.5. The molecule has 0 aliphatic rings. The molecule has 0 fully saturated rings. The molecule has 1 aromatic rings. The van der Waals surface area contributed by atoms with Gasteiger partial charge in [0.05, 0.1) is 5.69 Å². The van der Waals surface area contributed by atoms with Crippen LogP contribution in [0.4, 0.5) is 5.69 Å². The number of nitrogen functional groups attached to an aromatic ring is 1. The monoisotopic (exact) mass is 150 g/mol. The van der Waals surface area contributed by atoms with E-state index in [1.165, 1.54) is 5.56 Å². The van der Waals surface area contributed by atoms with Crippen molar-refractivity contribution in [1.82, 2.24) is 4.98 Å². The lowest BCUT2D eigenvalue weighted by atomic mass is 9.88. The third-order valence-electron chi connectivity index (χ3n) is 1.63. The predicted molar refractivity (Wildman–Crippen MR) is 47.3 cm³/mol. The van der Waals surface area contributed by atoms with Crippen molar-refractivity contribution in [1.29, 1.82) is 0 Å². The molecule has 1 rings (SSSR count). The van der Waals surface area contributed by atoms with Crippen molar-refractivity contribution in [3.8, 4) is 0 Å². The number of anilines is 1. The smallest absolute Gasteiger partial charge is 0.0503 e. The maximum atomic E-state index is 5.59. The van der Waals surface area contributed by atoms with Gasteiger partial charge in [-0.2, -0.15) is 0 Å². The summed E-state index contributed by atoms with van der Waals surface area (Å²) in [6.45, 7) is 6.43. The Bertz CT molecular complexity index is 248. The Morgan fingerprint density at radius 2 is 1.91 bits per heavy atom. The Labute approximate surface area is 67.5 Å². The van der Waals surface area contributed by atoms with Crippen LogP contribution < -0.4 is 5.73 Å². The first-order valence-corrected chi connectivity index (χ1v) is 3.71. The molecule has 0 radical (unpaired) electrons. The van der Waals surface area contributed by atoms with Crippen LogP contribution in [-0.4, -0.2) is 4.98 Å². The van der Waals surface area contributed by atoms with Crippen LogP contribution >= 0.6 is 0 Å². The molecular weight excluding hydrogens is 136 g/mol. The molecule has 0 spiro atoms. The van der Waals surface area contributed by atoms with Gasteiger partial charge in [-0.3, -0.25) is 4.98 Å². The number of nitrogens with zero attached hydrogens (tertiary/aromatic N) is 1. The fourth-order valence-electron chi connectivity index (χ4n) is 0.868. The fourth-order valence-corrected chi connectivity index (χ4v) is 0.868. The van der Waals surface area contributed by atoms with Gasteiger partial charge in [0, 0.05) is 12.4 Å². The Kier molecular flexibility index (Phi) is 1.85. The second-order valence-electron chi connectivity index (χ2n) is 3.76. The summed E-state index contributed by atoms with van der Waals surface area (Å²) in [7, 11) is 0. The fraction of sp³-hybridized carbons (Fsp3) is 0.444. The first kappa shape index (κ1) is 8.05. The highest BCUT2D eigenvalue weighted by molar-refractivity contribution is 5.39. The largest absolute Gasteiger partial charge is 0.397 e. The van der Waals surface area contributed by atoms with Crippen LogP contribution in [0.5, 0.6) is 0 Å². The molecule has 0 saturated heterocycles. The van der Waals surface area contributed by atoms with Gasteiger partial charge in [0.25, 0.3) is 0 Å². The number of hydrogen-bond acceptors (Lipinski definition) is 2. The minimum Gasteiger partial charge on any atom is -0.397 e. The third-order valence-corrected chi connectivity index (χ3v) is 1.63. The van der Waals surface area contributed by atoms with E-state index >= 15 is 0 Å². The molecule has 2 N–H and O–H groups in total. The lowest BCUT2D eigenvalue weighted by molar-refractivity contribution is 0.588. The van der Waals surface area contributed by atoms with Gasteiger partial charge in [-0.25, -0.2) is 0 Å². The van der Waals surface area contributed by atoms with E-state index in [4.69, 9.17) is 5.73 Å². The summed E-state index contributed by atoms with van der Waals surface area (Å²) in [5.74, 6) is 0. The predicted octanol–water partition coefficient (Wildman–Crippen LogP) is 1.96. The van der Waals surface area contributed by atoms with Gasteiger partial charge in [-0.05, 0) is 17.0 Å². The number of pyridine rings is 1. The maximum absolute atomic E-state index is 5.59. The molecule has 0 bridgehead atoms. The molecule has 0 aliphatic carbocycles. The highest BCUT2D eigenvalue weighted by Gasteiger charge is 2.13. The molecule has 0 saturated carbocycles. The van der Waals surface area contributed by atoms with Crippen molar-refractivity contribution in [3.63, 3.8) is 0 Å². The number of hydrogen-bond donors (Lipinski definition) is 1. The van der Waals surface area contributed by atoms with E-state index in [0.717, 1.165) is 5.69 Å². The maximum Gasteiger partial charge on any atom is 0.0503 e. The summed E-state index contributed by atoms with van der Waals surface area (Å²) in [5, 5.41) is 0. The average Bonchev–Trinajstić information content (AvgIpc) is 1.86. The molecule has 0 unspecified atom stereocenters. The van der Waals surface area contributed by atoms with Gasteiger partial charge >= 0.3 is 0 Å². The molecule has 1 heterocycles. The van der Waals surface area contributed by atoms with Crippen molar-refractivity contribution in [2.24, 2.45) is 0 Å². The van der Waals surface area contributed by atoms with E-state index in [1.807, 2.05) is 12.3 Å². The Morgan fingerprint density at radius 3 is 2.27 bits per heavy atom. The molecule has 0 amide bonds. The standard InChI is InChI=1S/C9H14N2/c1-9(2,3)7-4-8(10)6-11-5-7/h4-6H,10H2,1-3H3. The number of aromatic nitrogens is 1. The summed E-state index contributed by atoms with van der Waals surface area (Å²) >= 11 is 0. The number of rotatable bonds is 0. The molecule has 0 aromatic carbocycles. The van der Waals surface area contributed by atoms with Crippen molar-refractivity contribution in [3.05, 3.63) is 24.0 Å². The van der Waals surface area contributed by atoms with Gasteiger partial charge in [0.2, 0.25) is 0 Å². The van der Waals surface area contributed by atoms with Crippen molar-refractivity contribution in [2.75, 3.05) is 5.73 Å². The van der Waals surface area contributed by atoms with Crippen molar-refractivity contribution < 1.29 is 0 Å². The molecule has 11 heavy (non-hydrogen) atoms. The van der Waals surface area contributed by atoms with Crippen LogP contribution in [0.25, 0.3) is 0 Å². The summed E-state index contributed by atoms with van der Waals surface area (Å²) in [6, 6.07) is 1.97. The lowest BCUT2D eigenvalue weighted by Gasteiger charge is -2.18. The van der Waals surface area contributed by atoms with Crippen LogP contribution in [0.1, 0.15) is 26.3 Å². The van der Waals surface area contributed by atoms with Gasteiger partial charge < -0.3 is 5.73 Å². The molecule has 2 heteroatoms. The highest BCUT2D eigenvalue weighted by atomic mass is 14.7. The summed E-state index contributed by atoms with van der Waals surface area (Å²) in [6.07, 6.45) is 3.52. The molecular formula is C9H14N2. The van der Waals surface area contributed by atoms with Gasteiger partial charge in [0.1, 0.15) is 0 Å². The first-order valence-electron chi connectivity index (χ1n) is 3.71. The Hall–Kier alpha value is -1.05. The van der Waals surface area contributed by atoms with Crippen LogP contribution in [0.2, 0.25) is 0 Å². The van der Waals surface area contributed by atoms with Crippen molar-refractivity contribution in [2.45, 2.75) is 26.2 Å².